The minimum Gasteiger partial charge on any atom is -0.391 e. The van der Waals surface area contributed by atoms with Crippen LogP contribution in [0.15, 0.2) is 85.1 Å². The molecule has 2 heterocycles. The van der Waals surface area contributed by atoms with Gasteiger partial charge in [-0.3, -0.25) is 14.6 Å². The third-order valence-electron chi connectivity index (χ3n) is 7.61. The van der Waals surface area contributed by atoms with Crippen LogP contribution in [0.4, 0.5) is 4.39 Å². The van der Waals surface area contributed by atoms with Gasteiger partial charge in [-0.1, -0.05) is 54.6 Å². The number of benzene rings is 3. The van der Waals surface area contributed by atoms with Crippen molar-refractivity contribution in [3.63, 3.8) is 0 Å². The number of H-pyrrole nitrogens is 1. The molecule has 0 radical (unpaired) electrons. The second kappa shape index (κ2) is 13.7. The quantitative estimate of drug-likeness (QED) is 0.150. The number of nitrogens with zero attached hydrogens (tertiary/aromatic N) is 3. The van der Waals surface area contributed by atoms with E-state index in [2.05, 4.69) is 30.6 Å². The Morgan fingerprint density at radius 1 is 0.932 bits per heavy atom. The zero-order chi connectivity index (χ0) is 31.1. The van der Waals surface area contributed by atoms with E-state index in [0.29, 0.717) is 23.3 Å². The number of amides is 2. The Kier molecular flexibility index (Phi) is 9.59. The third kappa shape index (κ3) is 8.23. The van der Waals surface area contributed by atoms with Crippen LogP contribution < -0.4 is 10.6 Å². The van der Waals surface area contributed by atoms with Crippen molar-refractivity contribution in [1.82, 2.24) is 30.6 Å². The number of carbonyl (C=O) groups is 2. The van der Waals surface area contributed by atoms with Crippen LogP contribution in [0.1, 0.15) is 55.0 Å². The van der Waals surface area contributed by atoms with E-state index in [-0.39, 0.29) is 37.4 Å². The lowest BCUT2D eigenvalue weighted by molar-refractivity contribution is -0.126. The molecule has 0 aliphatic rings. The third-order valence-corrected chi connectivity index (χ3v) is 7.61. The Morgan fingerprint density at radius 2 is 1.61 bits per heavy atom. The molecule has 5 aromatic rings. The minimum absolute atomic E-state index is 0.0171. The summed E-state index contributed by atoms with van der Waals surface area (Å²) in [6.45, 7) is 3.09. The van der Waals surface area contributed by atoms with Crippen molar-refractivity contribution in [3.05, 3.63) is 102 Å². The van der Waals surface area contributed by atoms with Crippen LogP contribution in [0.5, 0.6) is 0 Å². The molecule has 3 atom stereocenters. The Morgan fingerprint density at radius 3 is 2.34 bits per heavy atom. The van der Waals surface area contributed by atoms with Crippen LogP contribution in [0.3, 0.4) is 0 Å². The maximum atomic E-state index is 14.6. The fourth-order valence-electron chi connectivity index (χ4n) is 5.19. The van der Waals surface area contributed by atoms with Crippen molar-refractivity contribution < 1.29 is 19.1 Å². The van der Waals surface area contributed by atoms with Crippen LogP contribution in [-0.4, -0.2) is 54.7 Å². The molecule has 2 aromatic heterocycles. The second-order valence-electron chi connectivity index (χ2n) is 11.7. The SMILES string of the molecule is CC(C)(F)CC[C@H](C[C@H](O)[C@H](Cc1ccccc1)NC(=O)c1cnc2ccccc2n1)C(=O)NCc1nc2ccccc2[nH]1. The predicted octanol–water partition coefficient (Wildman–Crippen LogP) is 5.06. The molecule has 0 saturated heterocycles. The number of carbonyl (C=O) groups excluding carboxylic acids is 2. The smallest absolute Gasteiger partial charge is 0.271 e. The van der Waals surface area contributed by atoms with Gasteiger partial charge in [-0.15, -0.1) is 0 Å². The first kappa shape index (κ1) is 30.7. The normalized spacial score (nSPS) is 13.8. The van der Waals surface area contributed by atoms with Gasteiger partial charge in [0, 0.05) is 5.92 Å². The van der Waals surface area contributed by atoms with E-state index in [0.717, 1.165) is 16.6 Å². The van der Waals surface area contributed by atoms with Gasteiger partial charge in [-0.05, 0) is 69.4 Å². The van der Waals surface area contributed by atoms with Crippen LogP contribution in [0.25, 0.3) is 22.1 Å². The van der Waals surface area contributed by atoms with Gasteiger partial charge in [0.1, 0.15) is 17.2 Å². The van der Waals surface area contributed by atoms with Gasteiger partial charge in [0.05, 0.1) is 47.0 Å². The zero-order valence-corrected chi connectivity index (χ0v) is 24.8. The largest absolute Gasteiger partial charge is 0.391 e. The van der Waals surface area contributed by atoms with E-state index in [4.69, 9.17) is 0 Å². The molecular formula is C34H37FN6O3. The number of aromatic amines is 1. The maximum absolute atomic E-state index is 14.6. The number of fused-ring (bicyclic) bond motifs is 2. The number of para-hydroxylation sites is 4. The highest BCUT2D eigenvalue weighted by molar-refractivity contribution is 5.94. The number of halogens is 1. The molecule has 10 heteroatoms. The number of rotatable bonds is 13. The van der Waals surface area contributed by atoms with Crippen LogP contribution in [-0.2, 0) is 17.8 Å². The molecule has 0 spiro atoms. The molecule has 0 aliphatic heterocycles. The van der Waals surface area contributed by atoms with Gasteiger partial charge in [0.2, 0.25) is 5.91 Å². The van der Waals surface area contributed by atoms with Gasteiger partial charge in [-0.2, -0.15) is 0 Å². The van der Waals surface area contributed by atoms with Crippen molar-refractivity contribution in [2.45, 2.75) is 63.9 Å². The molecule has 5 rings (SSSR count). The highest BCUT2D eigenvalue weighted by Gasteiger charge is 2.30. The van der Waals surface area contributed by atoms with E-state index in [1.54, 1.807) is 6.07 Å². The fourth-order valence-corrected chi connectivity index (χ4v) is 5.19. The number of hydrogen-bond acceptors (Lipinski definition) is 6. The molecular weight excluding hydrogens is 559 g/mol. The number of alkyl halides is 1. The first-order valence-electron chi connectivity index (χ1n) is 14.8. The minimum atomic E-state index is -1.49. The lowest BCUT2D eigenvalue weighted by atomic mass is 9.87. The topological polar surface area (TPSA) is 133 Å². The van der Waals surface area contributed by atoms with Crippen LogP contribution in [0.2, 0.25) is 0 Å². The Bertz CT molecular complexity index is 1690. The van der Waals surface area contributed by atoms with E-state index < -0.39 is 29.6 Å². The Balaban J connectivity index is 1.32. The van der Waals surface area contributed by atoms with Crippen molar-refractivity contribution >= 4 is 33.9 Å². The van der Waals surface area contributed by atoms with Gasteiger partial charge in [0.15, 0.2) is 0 Å². The van der Waals surface area contributed by atoms with E-state index in [1.807, 2.05) is 72.8 Å². The Labute approximate surface area is 255 Å². The standard InChI is InChI=1S/C34H37FN6O3/c1-34(2,35)17-16-23(32(43)37-21-31-39-26-14-8-9-15-27(26)40-31)19-30(42)28(18-22-10-4-3-5-11-22)41-33(44)29-20-36-24-12-6-7-13-25(24)38-29/h3-15,20,23,28,30,42H,16-19,21H2,1-2H3,(H,37,43)(H,39,40)(H,41,44)/t23-,28+,30+/m1/s1. The molecule has 0 aliphatic carbocycles. The summed E-state index contributed by atoms with van der Waals surface area (Å²) in [6, 6.07) is 23.5. The molecule has 44 heavy (non-hydrogen) atoms. The van der Waals surface area contributed by atoms with E-state index in [1.165, 1.54) is 20.0 Å². The molecule has 2 amide bonds. The van der Waals surface area contributed by atoms with Crippen molar-refractivity contribution in [2.75, 3.05) is 0 Å². The number of aromatic nitrogens is 4. The average Bonchev–Trinajstić information content (AvgIpc) is 3.44. The van der Waals surface area contributed by atoms with Gasteiger partial charge < -0.3 is 20.7 Å². The molecule has 228 valence electrons. The number of aliphatic hydroxyl groups is 1. The zero-order valence-electron chi connectivity index (χ0n) is 24.8. The molecule has 0 fully saturated rings. The van der Waals surface area contributed by atoms with Gasteiger partial charge in [0.25, 0.3) is 5.91 Å². The van der Waals surface area contributed by atoms with Crippen molar-refractivity contribution in [1.29, 1.82) is 0 Å². The van der Waals surface area contributed by atoms with Crippen molar-refractivity contribution in [2.24, 2.45) is 5.92 Å². The monoisotopic (exact) mass is 596 g/mol. The second-order valence-corrected chi connectivity index (χ2v) is 11.7. The Hall–Kier alpha value is -4.70. The summed E-state index contributed by atoms with van der Waals surface area (Å²) in [6.07, 6.45) is 0.970. The summed E-state index contributed by atoms with van der Waals surface area (Å²) in [5.74, 6) is -0.923. The van der Waals surface area contributed by atoms with Crippen LogP contribution >= 0.6 is 0 Å². The summed E-state index contributed by atoms with van der Waals surface area (Å²) < 4.78 is 14.6. The van der Waals surface area contributed by atoms with Gasteiger partial charge in [-0.25, -0.2) is 14.4 Å². The average molecular weight is 597 g/mol. The predicted molar refractivity (Wildman–Crippen MR) is 167 cm³/mol. The molecule has 0 unspecified atom stereocenters. The summed E-state index contributed by atoms with van der Waals surface area (Å²) in [5.41, 5.74) is 2.42. The maximum Gasteiger partial charge on any atom is 0.271 e. The van der Waals surface area contributed by atoms with E-state index >= 15 is 0 Å². The number of aliphatic hydroxyl groups excluding tert-OH is 1. The number of nitrogens with one attached hydrogen (secondary N) is 3. The first-order chi connectivity index (χ1) is 21.1. The van der Waals surface area contributed by atoms with E-state index in [9.17, 15) is 19.1 Å². The number of imidazole rings is 1. The fraction of sp³-hybridized carbons (Fsp3) is 0.324. The molecule has 4 N–H and O–H groups in total. The lowest BCUT2D eigenvalue weighted by Gasteiger charge is -2.28. The van der Waals surface area contributed by atoms with Crippen LogP contribution in [0, 0.1) is 5.92 Å². The molecule has 0 saturated carbocycles. The lowest BCUT2D eigenvalue weighted by Crippen LogP contribution is -2.47. The van der Waals surface area contributed by atoms with Gasteiger partial charge >= 0.3 is 0 Å². The molecule has 9 nitrogen and oxygen atoms in total. The summed E-state index contributed by atoms with van der Waals surface area (Å²) >= 11 is 0. The van der Waals surface area contributed by atoms with Crippen molar-refractivity contribution in [3.8, 4) is 0 Å². The highest BCUT2D eigenvalue weighted by atomic mass is 19.1. The molecule has 0 bridgehead atoms. The first-order valence-corrected chi connectivity index (χ1v) is 14.8. The highest BCUT2D eigenvalue weighted by Crippen LogP contribution is 2.25. The summed E-state index contributed by atoms with van der Waals surface area (Å²) in [4.78, 5) is 43.2. The summed E-state index contributed by atoms with van der Waals surface area (Å²) in [5, 5.41) is 17.3. The number of hydrogen-bond donors (Lipinski definition) is 4. The molecule has 3 aromatic carbocycles. The summed E-state index contributed by atoms with van der Waals surface area (Å²) in [7, 11) is 0.